The average molecular weight is 490 g/mol. The number of benzene rings is 1. The van der Waals surface area contributed by atoms with Gasteiger partial charge in [0.2, 0.25) is 11.8 Å². The molecule has 1 spiro atoms. The topological polar surface area (TPSA) is 114 Å². The molecule has 2 saturated heterocycles. The Balaban J connectivity index is 2.08. The van der Waals surface area contributed by atoms with E-state index in [1.165, 1.54) is 25.9 Å². The monoisotopic (exact) mass is 489 g/mol. The second kappa shape index (κ2) is 8.00. The van der Waals surface area contributed by atoms with Crippen molar-refractivity contribution >= 4 is 47.2 Å². The van der Waals surface area contributed by atoms with Crippen molar-refractivity contribution in [3.05, 3.63) is 23.8 Å². The van der Waals surface area contributed by atoms with E-state index in [1.807, 2.05) is 25.1 Å². The van der Waals surface area contributed by atoms with E-state index in [0.29, 0.717) is 5.69 Å². The summed E-state index contributed by atoms with van der Waals surface area (Å²) in [5.41, 5.74) is -0.615. The molecule has 1 aromatic rings. The smallest absolute Gasteiger partial charge is 0.332 e. The minimum absolute atomic E-state index is 0.0203. The number of carbonyl (C=O) groups excluding carboxylic acids is 5. The van der Waals surface area contributed by atoms with Crippen LogP contribution in [0.2, 0.25) is 0 Å². The van der Waals surface area contributed by atoms with Crippen LogP contribution in [0.3, 0.4) is 0 Å². The summed E-state index contributed by atoms with van der Waals surface area (Å²) in [5, 5.41) is 0. The molecule has 0 aliphatic carbocycles. The maximum atomic E-state index is 14.0. The van der Waals surface area contributed by atoms with E-state index in [4.69, 9.17) is 9.47 Å². The standard InChI is InChI=1S/C23H27N3O7S/c1-7-32-17(27)15-16(18(28)33-8-2)26-13-11-12(3)9-10-14(13)34-22(26,4)23(15)19(29)24(5)21(31)25(6)20(23)30/h9-11,15-16H,7-8H2,1-6H3/t15-,16-,22?/m0/s1. The van der Waals surface area contributed by atoms with Crippen molar-refractivity contribution in [2.75, 3.05) is 32.2 Å². The van der Waals surface area contributed by atoms with E-state index in [-0.39, 0.29) is 13.2 Å². The van der Waals surface area contributed by atoms with Gasteiger partial charge in [-0.3, -0.25) is 24.2 Å². The minimum Gasteiger partial charge on any atom is -0.466 e. The summed E-state index contributed by atoms with van der Waals surface area (Å²) < 4.78 is 10.7. The highest BCUT2D eigenvalue weighted by Gasteiger charge is 2.82. The lowest BCUT2D eigenvalue weighted by Gasteiger charge is -2.48. The van der Waals surface area contributed by atoms with Gasteiger partial charge in [0.05, 0.1) is 18.9 Å². The quantitative estimate of drug-likeness (QED) is 0.461. The lowest BCUT2D eigenvalue weighted by atomic mass is 9.67. The molecule has 11 heteroatoms. The fraction of sp³-hybridized carbons (Fsp3) is 0.522. The number of aryl methyl sites for hydroxylation is 1. The first-order valence-electron chi connectivity index (χ1n) is 11.0. The molecule has 0 N–H and O–H groups in total. The van der Waals surface area contributed by atoms with Gasteiger partial charge in [-0.1, -0.05) is 17.8 Å². The second-order valence-corrected chi connectivity index (χ2v) is 10.1. The molecule has 3 aliphatic heterocycles. The van der Waals surface area contributed by atoms with E-state index in [0.717, 1.165) is 20.3 Å². The number of nitrogens with zero attached hydrogens (tertiary/aromatic N) is 3. The number of carbonyl (C=O) groups is 5. The molecular formula is C23H27N3O7S. The van der Waals surface area contributed by atoms with Crippen LogP contribution in [0.1, 0.15) is 26.3 Å². The Hall–Kier alpha value is -3.08. The van der Waals surface area contributed by atoms with Crippen molar-refractivity contribution in [2.45, 2.75) is 43.5 Å². The SMILES string of the molecule is CCOC(=O)[C@@H]1[C@@H](C(=O)OCC)C2(C(=O)N(C)C(=O)N(C)C2=O)C2(C)Sc3ccc(C)cc3N12. The zero-order valence-electron chi connectivity index (χ0n) is 19.9. The number of ether oxygens (including phenoxy) is 2. The lowest BCUT2D eigenvalue weighted by molar-refractivity contribution is -0.173. The summed E-state index contributed by atoms with van der Waals surface area (Å²) in [5.74, 6) is -4.86. The summed E-state index contributed by atoms with van der Waals surface area (Å²) in [4.78, 5) is 70.1. The number of rotatable bonds is 4. The molecule has 10 nitrogen and oxygen atoms in total. The second-order valence-electron chi connectivity index (χ2n) is 8.67. The number of urea groups is 1. The van der Waals surface area contributed by atoms with Gasteiger partial charge in [0, 0.05) is 19.0 Å². The normalized spacial score (nSPS) is 27.2. The Bertz CT molecular complexity index is 1100. The maximum Gasteiger partial charge on any atom is 0.332 e. The van der Waals surface area contributed by atoms with Gasteiger partial charge in [-0.2, -0.15) is 0 Å². The van der Waals surface area contributed by atoms with Crippen LogP contribution in [0.5, 0.6) is 0 Å². The van der Waals surface area contributed by atoms with Gasteiger partial charge in [0.15, 0.2) is 5.41 Å². The molecular weight excluding hydrogens is 462 g/mol. The van der Waals surface area contributed by atoms with Gasteiger partial charge in [0.1, 0.15) is 16.8 Å². The molecule has 3 aliphatic rings. The molecule has 182 valence electrons. The first-order valence-corrected chi connectivity index (χ1v) is 11.8. The van der Waals surface area contributed by atoms with Gasteiger partial charge in [-0.15, -0.1) is 0 Å². The Morgan fingerprint density at radius 1 is 1.00 bits per heavy atom. The predicted octanol–water partition coefficient (Wildman–Crippen LogP) is 1.78. The number of hydrogen-bond donors (Lipinski definition) is 0. The molecule has 34 heavy (non-hydrogen) atoms. The molecule has 0 saturated carbocycles. The number of fused-ring (bicyclic) bond motifs is 4. The molecule has 4 rings (SSSR count). The van der Waals surface area contributed by atoms with Crippen LogP contribution in [0.25, 0.3) is 0 Å². The number of hydrogen-bond acceptors (Lipinski definition) is 9. The highest BCUT2D eigenvalue weighted by atomic mass is 32.2. The first-order chi connectivity index (χ1) is 16.0. The van der Waals surface area contributed by atoms with Gasteiger partial charge in [-0.25, -0.2) is 9.59 Å². The van der Waals surface area contributed by atoms with E-state index >= 15 is 0 Å². The Morgan fingerprint density at radius 3 is 2.12 bits per heavy atom. The van der Waals surface area contributed by atoms with Gasteiger partial charge in [0.25, 0.3) is 0 Å². The highest BCUT2D eigenvalue weighted by Crippen LogP contribution is 2.68. The third-order valence-electron chi connectivity index (χ3n) is 6.86. The molecule has 2 fully saturated rings. The van der Waals surface area contributed by atoms with E-state index in [1.54, 1.807) is 25.7 Å². The van der Waals surface area contributed by atoms with Crippen molar-refractivity contribution < 1.29 is 33.4 Å². The van der Waals surface area contributed by atoms with E-state index in [9.17, 15) is 24.0 Å². The first kappa shape index (κ1) is 24.1. The predicted molar refractivity (Wildman–Crippen MR) is 122 cm³/mol. The van der Waals surface area contributed by atoms with E-state index in [2.05, 4.69) is 0 Å². The molecule has 3 heterocycles. The fourth-order valence-electron chi connectivity index (χ4n) is 5.44. The lowest BCUT2D eigenvalue weighted by Crippen LogP contribution is -2.71. The summed E-state index contributed by atoms with van der Waals surface area (Å²) >= 11 is 1.22. The van der Waals surface area contributed by atoms with Crippen LogP contribution in [0.15, 0.2) is 23.1 Å². The zero-order chi connectivity index (χ0) is 25.2. The number of amides is 4. The van der Waals surface area contributed by atoms with Crippen LogP contribution >= 0.6 is 11.8 Å². The maximum absolute atomic E-state index is 14.0. The molecule has 0 bridgehead atoms. The molecule has 0 aromatic heterocycles. The Kier molecular flexibility index (Phi) is 5.66. The number of anilines is 1. The van der Waals surface area contributed by atoms with Crippen molar-refractivity contribution in [1.29, 1.82) is 0 Å². The summed E-state index contributed by atoms with van der Waals surface area (Å²) in [6, 6.07) is 3.46. The molecule has 4 amide bonds. The third kappa shape index (κ3) is 2.79. The van der Waals surface area contributed by atoms with Gasteiger partial charge in [-0.05, 0) is 45.4 Å². The van der Waals surface area contributed by atoms with Crippen LogP contribution in [0, 0.1) is 18.3 Å². The number of thioether (sulfide) groups is 1. The Morgan fingerprint density at radius 2 is 1.56 bits per heavy atom. The summed E-state index contributed by atoms with van der Waals surface area (Å²) in [6.07, 6.45) is 0. The van der Waals surface area contributed by atoms with Crippen molar-refractivity contribution in [3.8, 4) is 0 Å². The molecule has 3 atom stereocenters. The van der Waals surface area contributed by atoms with Crippen molar-refractivity contribution in [3.63, 3.8) is 0 Å². The van der Waals surface area contributed by atoms with Crippen molar-refractivity contribution in [1.82, 2.24) is 9.80 Å². The third-order valence-corrected chi connectivity index (χ3v) is 8.34. The van der Waals surface area contributed by atoms with Crippen LogP contribution in [0.4, 0.5) is 10.5 Å². The fourth-order valence-corrected chi connectivity index (χ4v) is 7.04. The zero-order valence-corrected chi connectivity index (χ0v) is 20.7. The number of barbiturate groups is 1. The van der Waals surface area contributed by atoms with Gasteiger partial charge < -0.3 is 14.4 Å². The minimum atomic E-state index is -2.12. The van der Waals surface area contributed by atoms with Crippen molar-refractivity contribution in [2.24, 2.45) is 11.3 Å². The average Bonchev–Trinajstić information content (AvgIpc) is 3.21. The van der Waals surface area contributed by atoms with E-state index < -0.39 is 52.0 Å². The number of esters is 2. The largest absolute Gasteiger partial charge is 0.466 e. The molecule has 1 aromatic carbocycles. The summed E-state index contributed by atoms with van der Waals surface area (Å²) in [6.45, 7) is 6.79. The number of imide groups is 2. The van der Waals surface area contributed by atoms with Crippen LogP contribution in [-0.2, 0) is 28.7 Å². The molecule has 1 unspecified atom stereocenters. The molecule has 0 radical (unpaired) electrons. The van der Waals surface area contributed by atoms with Crippen LogP contribution < -0.4 is 4.90 Å². The Labute approximate surface area is 201 Å². The summed E-state index contributed by atoms with van der Waals surface area (Å²) in [7, 11) is 2.53. The highest BCUT2D eigenvalue weighted by molar-refractivity contribution is 8.01. The van der Waals surface area contributed by atoms with Crippen LogP contribution in [-0.4, -0.2) is 77.8 Å². The van der Waals surface area contributed by atoms with Gasteiger partial charge >= 0.3 is 18.0 Å².